The number of hydrogen-bond acceptors (Lipinski definition) is 6. The summed E-state index contributed by atoms with van der Waals surface area (Å²) in [6, 6.07) is 18.7. The quantitative estimate of drug-likeness (QED) is 0.385. The predicted molar refractivity (Wildman–Crippen MR) is 133 cm³/mol. The van der Waals surface area contributed by atoms with Crippen LogP contribution in [0.1, 0.15) is 36.8 Å². The van der Waals surface area contributed by atoms with E-state index in [2.05, 4.69) is 47.5 Å². The number of anilines is 3. The molecule has 3 heterocycles. The molecule has 5 nitrogen and oxygen atoms in total. The molecule has 0 spiro atoms. The number of nitrogens with zero attached hydrogens (tertiary/aromatic N) is 4. The van der Waals surface area contributed by atoms with Gasteiger partial charge in [0.1, 0.15) is 11.1 Å². The highest BCUT2D eigenvalue weighted by Gasteiger charge is 2.20. The molecule has 0 bridgehead atoms. The van der Waals surface area contributed by atoms with Crippen LogP contribution in [0.4, 0.5) is 16.6 Å². The van der Waals surface area contributed by atoms with Gasteiger partial charge in [0.15, 0.2) is 11.6 Å². The fraction of sp³-hybridized carbons (Fsp3) is 0.269. The van der Waals surface area contributed by atoms with Gasteiger partial charge in [-0.1, -0.05) is 54.8 Å². The average molecular weight is 440 g/mol. The third-order valence-electron chi connectivity index (χ3n) is 5.96. The van der Waals surface area contributed by atoms with Crippen molar-refractivity contribution in [1.29, 1.82) is 5.26 Å². The number of thiophene rings is 1. The Hall–Kier alpha value is -3.43. The second kappa shape index (κ2) is 8.97. The van der Waals surface area contributed by atoms with E-state index >= 15 is 0 Å². The van der Waals surface area contributed by atoms with E-state index in [4.69, 9.17) is 9.97 Å². The van der Waals surface area contributed by atoms with E-state index in [1.165, 1.54) is 29.7 Å². The van der Waals surface area contributed by atoms with Crippen molar-refractivity contribution >= 4 is 39.0 Å². The molecule has 1 N–H and O–H groups in total. The molecule has 0 atom stereocenters. The molecule has 6 heteroatoms. The number of para-hydroxylation sites is 2. The Balaban J connectivity index is 1.57. The minimum absolute atomic E-state index is 0.649. The largest absolute Gasteiger partial charge is 0.354 e. The first-order chi connectivity index (χ1) is 15.7. The van der Waals surface area contributed by atoms with Gasteiger partial charge in [-0.05, 0) is 37.5 Å². The molecule has 1 aliphatic rings. The van der Waals surface area contributed by atoms with E-state index < -0.39 is 0 Å². The second-order valence-corrected chi connectivity index (χ2v) is 9.12. The smallest absolute Gasteiger partial charge is 0.175 e. The number of rotatable bonds is 4. The van der Waals surface area contributed by atoms with Crippen LogP contribution in [0.3, 0.4) is 0 Å². The van der Waals surface area contributed by atoms with E-state index in [0.29, 0.717) is 5.56 Å². The second-order valence-electron chi connectivity index (χ2n) is 8.24. The van der Waals surface area contributed by atoms with Crippen molar-refractivity contribution in [3.8, 4) is 17.2 Å². The van der Waals surface area contributed by atoms with Gasteiger partial charge in [-0.3, -0.25) is 0 Å². The summed E-state index contributed by atoms with van der Waals surface area (Å²) in [6.45, 7) is 4.02. The maximum absolute atomic E-state index is 9.98. The van der Waals surface area contributed by atoms with Crippen LogP contribution < -0.4 is 10.2 Å². The Kier molecular flexibility index (Phi) is 5.74. The van der Waals surface area contributed by atoms with E-state index in [1.54, 1.807) is 0 Å². The molecule has 1 aliphatic heterocycles. The lowest BCUT2D eigenvalue weighted by atomic mass is 10.0. The Morgan fingerprint density at radius 2 is 1.62 bits per heavy atom. The Labute approximate surface area is 192 Å². The molecule has 0 aliphatic carbocycles. The highest BCUT2D eigenvalue weighted by Crippen LogP contribution is 2.38. The maximum atomic E-state index is 9.98. The number of aromatic nitrogens is 2. The number of nitriles is 1. The van der Waals surface area contributed by atoms with Crippen molar-refractivity contribution in [3.05, 3.63) is 65.0 Å². The summed E-state index contributed by atoms with van der Waals surface area (Å²) >= 11 is 1.54. The lowest BCUT2D eigenvalue weighted by molar-refractivity contribution is 0.726. The first-order valence-electron chi connectivity index (χ1n) is 11.1. The molecule has 2 aromatic heterocycles. The van der Waals surface area contributed by atoms with Crippen molar-refractivity contribution in [2.75, 3.05) is 23.3 Å². The third kappa shape index (κ3) is 4.04. The first kappa shape index (κ1) is 20.5. The van der Waals surface area contributed by atoms with Gasteiger partial charge >= 0.3 is 0 Å². The van der Waals surface area contributed by atoms with E-state index in [9.17, 15) is 5.26 Å². The molecular formula is C26H25N5S. The minimum Gasteiger partial charge on any atom is -0.354 e. The molecule has 0 amide bonds. The zero-order valence-corrected chi connectivity index (χ0v) is 19.0. The van der Waals surface area contributed by atoms with Crippen molar-refractivity contribution in [2.24, 2.45) is 0 Å². The van der Waals surface area contributed by atoms with Crippen LogP contribution in [0.2, 0.25) is 0 Å². The van der Waals surface area contributed by atoms with Gasteiger partial charge in [0.2, 0.25) is 0 Å². The van der Waals surface area contributed by atoms with Crippen LogP contribution in [0.15, 0.2) is 53.9 Å². The normalized spacial score (nSPS) is 14.2. The summed E-state index contributed by atoms with van der Waals surface area (Å²) in [5.41, 5.74) is 5.59. The molecule has 0 unspecified atom stereocenters. The summed E-state index contributed by atoms with van der Waals surface area (Å²) < 4.78 is 0. The Bertz CT molecular complexity index is 1280. The van der Waals surface area contributed by atoms with Crippen molar-refractivity contribution < 1.29 is 0 Å². The number of nitrogens with one attached hydrogen (secondary N) is 1. The van der Waals surface area contributed by atoms with Crippen LogP contribution in [0, 0.1) is 18.3 Å². The van der Waals surface area contributed by atoms with Gasteiger partial charge in [-0.15, -0.1) is 11.3 Å². The van der Waals surface area contributed by atoms with Gasteiger partial charge in [0, 0.05) is 24.0 Å². The molecule has 0 saturated carbocycles. The fourth-order valence-corrected chi connectivity index (χ4v) is 5.11. The summed E-state index contributed by atoms with van der Waals surface area (Å²) in [4.78, 5) is 12.3. The minimum atomic E-state index is 0.649. The van der Waals surface area contributed by atoms with Crippen molar-refractivity contribution in [1.82, 2.24) is 9.97 Å². The van der Waals surface area contributed by atoms with E-state index in [1.807, 2.05) is 29.6 Å². The van der Waals surface area contributed by atoms with Crippen LogP contribution >= 0.6 is 11.3 Å². The van der Waals surface area contributed by atoms with Gasteiger partial charge in [0.25, 0.3) is 0 Å². The highest BCUT2D eigenvalue weighted by molar-refractivity contribution is 7.15. The lowest BCUT2D eigenvalue weighted by Crippen LogP contribution is -2.26. The Morgan fingerprint density at radius 1 is 0.938 bits per heavy atom. The van der Waals surface area contributed by atoms with Crippen LogP contribution in [0.25, 0.3) is 22.2 Å². The molecule has 1 fully saturated rings. The molecule has 160 valence electrons. The SMILES string of the molecule is Cc1ccc(-c2csc(Nc3nc4ccccc4nc3N3CCCCCC3)c2C#N)cc1. The van der Waals surface area contributed by atoms with Gasteiger partial charge in [0.05, 0.1) is 16.6 Å². The van der Waals surface area contributed by atoms with E-state index in [-0.39, 0.29) is 0 Å². The number of fused-ring (bicyclic) bond motifs is 1. The lowest BCUT2D eigenvalue weighted by Gasteiger charge is -2.24. The zero-order valence-electron chi connectivity index (χ0n) is 18.1. The number of hydrogen-bond donors (Lipinski definition) is 1. The third-order valence-corrected chi connectivity index (χ3v) is 6.85. The molecule has 32 heavy (non-hydrogen) atoms. The Morgan fingerprint density at radius 3 is 2.31 bits per heavy atom. The molecule has 0 radical (unpaired) electrons. The average Bonchev–Trinajstić information content (AvgIpc) is 3.02. The van der Waals surface area contributed by atoms with Crippen LogP contribution in [-0.4, -0.2) is 23.1 Å². The summed E-state index contributed by atoms with van der Waals surface area (Å²) in [6.07, 6.45) is 4.83. The van der Waals surface area contributed by atoms with Crippen molar-refractivity contribution in [2.45, 2.75) is 32.6 Å². The molecule has 4 aromatic rings. The summed E-state index contributed by atoms with van der Waals surface area (Å²) in [7, 11) is 0. The maximum Gasteiger partial charge on any atom is 0.175 e. The fourth-order valence-electron chi connectivity index (χ4n) is 4.19. The topological polar surface area (TPSA) is 64.8 Å². The standard InChI is InChI=1S/C26H25N5S/c1-18-10-12-19(13-11-18)21-17-32-26(20(21)16-27)30-24-25(31-14-6-2-3-7-15-31)29-23-9-5-4-8-22(23)28-24/h4-5,8-13,17H,2-3,6-7,14-15H2,1H3,(H,28,30). The van der Waals surface area contributed by atoms with Gasteiger partial charge < -0.3 is 10.2 Å². The number of aryl methyl sites for hydroxylation is 1. The number of benzene rings is 2. The van der Waals surface area contributed by atoms with Crippen molar-refractivity contribution in [3.63, 3.8) is 0 Å². The van der Waals surface area contributed by atoms with Crippen LogP contribution in [0.5, 0.6) is 0 Å². The molecule has 5 rings (SSSR count). The summed E-state index contributed by atoms with van der Waals surface area (Å²) in [5.74, 6) is 1.60. The van der Waals surface area contributed by atoms with E-state index in [0.717, 1.165) is 64.7 Å². The predicted octanol–water partition coefficient (Wildman–Crippen LogP) is 6.66. The molecular weight excluding hydrogens is 414 g/mol. The molecule has 1 saturated heterocycles. The summed E-state index contributed by atoms with van der Waals surface area (Å²) in [5, 5.41) is 16.3. The zero-order chi connectivity index (χ0) is 21.9. The van der Waals surface area contributed by atoms with Gasteiger partial charge in [-0.25, -0.2) is 9.97 Å². The van der Waals surface area contributed by atoms with Gasteiger partial charge in [-0.2, -0.15) is 5.26 Å². The molecule has 2 aromatic carbocycles. The van der Waals surface area contributed by atoms with Crippen LogP contribution in [-0.2, 0) is 0 Å². The monoisotopic (exact) mass is 439 g/mol. The highest BCUT2D eigenvalue weighted by atomic mass is 32.1. The first-order valence-corrected chi connectivity index (χ1v) is 12.0.